The molecule has 0 amide bonds. The molecule has 48 valence electrons. The molecule has 0 rings (SSSR count). The van der Waals surface area contributed by atoms with Crippen LogP contribution in [0.25, 0.3) is 0 Å². The highest BCUT2D eigenvalue weighted by Gasteiger charge is 1.67. The fourth-order valence-corrected chi connectivity index (χ4v) is 0.310. The van der Waals surface area contributed by atoms with Gasteiger partial charge in [0.1, 0.15) is 0 Å². The molecule has 0 spiro atoms. The first-order valence-corrected chi connectivity index (χ1v) is 2.91. The van der Waals surface area contributed by atoms with Crippen LogP contribution in [0.1, 0.15) is 13.8 Å². The fraction of sp³-hybridized carbons (Fsp3) is 0.667. The lowest BCUT2D eigenvalue weighted by atomic mass is 10.7. The molecule has 2 heteroatoms. The van der Waals surface area contributed by atoms with E-state index in [0.717, 1.165) is 13.2 Å². The molecule has 1 N–H and O–H groups in total. The summed E-state index contributed by atoms with van der Waals surface area (Å²) in [5, 5.41) is 2.98. The molecule has 0 aliphatic carbocycles. The Bertz CT molecular complexity index is 53.5. The van der Waals surface area contributed by atoms with Crippen molar-refractivity contribution in [2.75, 3.05) is 13.2 Å². The van der Waals surface area contributed by atoms with Crippen molar-refractivity contribution in [3.8, 4) is 0 Å². The van der Waals surface area contributed by atoms with Crippen molar-refractivity contribution in [2.24, 2.45) is 0 Å². The van der Waals surface area contributed by atoms with Gasteiger partial charge < -0.3 is 10.1 Å². The summed E-state index contributed by atoms with van der Waals surface area (Å²) in [4.78, 5) is 0. The number of ether oxygens (including phenoxy) is 1. The predicted octanol–water partition coefficient (Wildman–Crippen LogP) is 1.10. The van der Waals surface area contributed by atoms with Gasteiger partial charge in [-0.3, -0.25) is 0 Å². The molecule has 0 radical (unpaired) electrons. The van der Waals surface area contributed by atoms with Gasteiger partial charge in [-0.2, -0.15) is 0 Å². The van der Waals surface area contributed by atoms with Gasteiger partial charge >= 0.3 is 0 Å². The number of hydrogen-bond acceptors (Lipinski definition) is 2. The minimum absolute atomic E-state index is 0.738. The minimum atomic E-state index is 0.738. The lowest BCUT2D eigenvalue weighted by molar-refractivity contribution is 0.267. The second-order valence-electron chi connectivity index (χ2n) is 1.32. The first kappa shape index (κ1) is 7.34. The van der Waals surface area contributed by atoms with Gasteiger partial charge in [-0.1, -0.05) is 0 Å². The Kier molecular flexibility index (Phi) is 5.82. The second kappa shape index (κ2) is 6.34. The number of hydrogen-bond donors (Lipinski definition) is 1. The van der Waals surface area contributed by atoms with Gasteiger partial charge in [0.05, 0.1) is 12.9 Å². The Morgan fingerprint density at radius 3 is 2.75 bits per heavy atom. The van der Waals surface area contributed by atoms with Crippen LogP contribution in [0, 0.1) is 0 Å². The molecule has 2 nitrogen and oxygen atoms in total. The quantitative estimate of drug-likeness (QED) is 0.554. The monoisotopic (exact) mass is 115 g/mol. The standard InChI is InChI=1S/C6H13NO/c1-3-7-5-6-8-4-2/h5-7H,3-4H2,1-2H3. The molecule has 0 atom stereocenters. The third-order valence-electron chi connectivity index (χ3n) is 0.653. The van der Waals surface area contributed by atoms with E-state index in [1.807, 2.05) is 13.8 Å². The SMILES string of the molecule is CCNC=COCC. The van der Waals surface area contributed by atoms with E-state index in [9.17, 15) is 0 Å². The maximum atomic E-state index is 4.89. The van der Waals surface area contributed by atoms with Gasteiger partial charge in [-0.05, 0) is 13.8 Å². The van der Waals surface area contributed by atoms with Crippen molar-refractivity contribution >= 4 is 0 Å². The number of nitrogens with one attached hydrogen (secondary N) is 1. The summed E-state index contributed by atoms with van der Waals surface area (Å²) < 4.78 is 4.89. The molecule has 0 fully saturated rings. The zero-order valence-corrected chi connectivity index (χ0v) is 5.48. The molecule has 0 saturated carbocycles. The largest absolute Gasteiger partial charge is 0.500 e. The smallest absolute Gasteiger partial charge is 0.0985 e. The van der Waals surface area contributed by atoms with Crippen molar-refractivity contribution < 1.29 is 4.74 Å². The van der Waals surface area contributed by atoms with Crippen LogP contribution < -0.4 is 5.32 Å². The highest BCUT2D eigenvalue weighted by atomic mass is 16.5. The van der Waals surface area contributed by atoms with E-state index in [-0.39, 0.29) is 0 Å². The van der Waals surface area contributed by atoms with Crippen molar-refractivity contribution in [3.05, 3.63) is 12.5 Å². The highest BCUT2D eigenvalue weighted by molar-refractivity contribution is 4.68. The van der Waals surface area contributed by atoms with E-state index in [1.165, 1.54) is 0 Å². The molecule has 0 aromatic carbocycles. The molecule has 0 aromatic rings. The van der Waals surface area contributed by atoms with Gasteiger partial charge in [0.2, 0.25) is 0 Å². The molecule has 0 unspecified atom stereocenters. The molecule has 0 aromatic heterocycles. The summed E-state index contributed by atoms with van der Waals surface area (Å²) in [5.74, 6) is 0. The molecular weight excluding hydrogens is 102 g/mol. The zero-order chi connectivity index (χ0) is 6.24. The summed E-state index contributed by atoms with van der Waals surface area (Å²) >= 11 is 0. The van der Waals surface area contributed by atoms with E-state index in [1.54, 1.807) is 12.5 Å². The fourth-order valence-electron chi connectivity index (χ4n) is 0.310. The van der Waals surface area contributed by atoms with Gasteiger partial charge in [0.15, 0.2) is 0 Å². The third kappa shape index (κ3) is 5.34. The van der Waals surface area contributed by atoms with Gasteiger partial charge in [0.25, 0.3) is 0 Å². The lowest BCUT2D eigenvalue weighted by Crippen LogP contribution is -2.01. The Balaban J connectivity index is 2.83. The average Bonchev–Trinajstić information content (AvgIpc) is 1.81. The van der Waals surface area contributed by atoms with E-state index in [4.69, 9.17) is 4.74 Å². The zero-order valence-electron chi connectivity index (χ0n) is 5.48. The van der Waals surface area contributed by atoms with Crippen LogP contribution in [0.5, 0.6) is 0 Å². The van der Waals surface area contributed by atoms with Crippen LogP contribution in [0.4, 0.5) is 0 Å². The normalized spacial score (nSPS) is 9.75. The van der Waals surface area contributed by atoms with Crippen molar-refractivity contribution in [2.45, 2.75) is 13.8 Å². The summed E-state index contributed by atoms with van der Waals surface area (Å²) in [6.45, 7) is 5.68. The van der Waals surface area contributed by atoms with Crippen LogP contribution in [-0.4, -0.2) is 13.2 Å². The van der Waals surface area contributed by atoms with Crippen LogP contribution in [0.3, 0.4) is 0 Å². The van der Waals surface area contributed by atoms with Gasteiger partial charge in [0, 0.05) is 12.7 Å². The van der Waals surface area contributed by atoms with Crippen molar-refractivity contribution in [3.63, 3.8) is 0 Å². The maximum absolute atomic E-state index is 4.89. The van der Waals surface area contributed by atoms with E-state index >= 15 is 0 Å². The third-order valence-corrected chi connectivity index (χ3v) is 0.653. The van der Waals surface area contributed by atoms with Gasteiger partial charge in [-0.15, -0.1) is 0 Å². The Morgan fingerprint density at radius 2 is 2.25 bits per heavy atom. The minimum Gasteiger partial charge on any atom is -0.500 e. The van der Waals surface area contributed by atoms with E-state index in [2.05, 4.69) is 5.32 Å². The van der Waals surface area contributed by atoms with Crippen LogP contribution in [0.2, 0.25) is 0 Å². The second-order valence-corrected chi connectivity index (χ2v) is 1.32. The summed E-state index contributed by atoms with van der Waals surface area (Å²) in [5.41, 5.74) is 0. The van der Waals surface area contributed by atoms with Gasteiger partial charge in [-0.25, -0.2) is 0 Å². The molecule has 0 aliphatic heterocycles. The molecule has 0 bridgehead atoms. The summed E-state index contributed by atoms with van der Waals surface area (Å²) in [7, 11) is 0. The molecule has 0 saturated heterocycles. The topological polar surface area (TPSA) is 21.3 Å². The Labute approximate surface area is 50.5 Å². The molecule has 0 aliphatic rings. The van der Waals surface area contributed by atoms with E-state index < -0.39 is 0 Å². The predicted molar refractivity (Wildman–Crippen MR) is 34.4 cm³/mol. The molecule has 0 heterocycles. The molecular formula is C6H13NO. The van der Waals surface area contributed by atoms with E-state index in [0.29, 0.717) is 0 Å². The van der Waals surface area contributed by atoms with Crippen molar-refractivity contribution in [1.82, 2.24) is 5.32 Å². The average molecular weight is 115 g/mol. The first-order valence-electron chi connectivity index (χ1n) is 2.91. The summed E-state index contributed by atoms with van der Waals surface area (Å²) in [6.07, 6.45) is 3.45. The Morgan fingerprint density at radius 1 is 1.50 bits per heavy atom. The molecule has 8 heavy (non-hydrogen) atoms. The first-order chi connectivity index (χ1) is 3.91. The van der Waals surface area contributed by atoms with Crippen LogP contribution in [0.15, 0.2) is 12.5 Å². The van der Waals surface area contributed by atoms with Crippen LogP contribution >= 0.6 is 0 Å². The maximum Gasteiger partial charge on any atom is 0.0985 e. The van der Waals surface area contributed by atoms with Crippen LogP contribution in [-0.2, 0) is 4.74 Å². The lowest BCUT2D eigenvalue weighted by Gasteiger charge is -1.92. The summed E-state index contributed by atoms with van der Waals surface area (Å²) in [6, 6.07) is 0. The Hall–Kier alpha value is -0.660. The highest BCUT2D eigenvalue weighted by Crippen LogP contribution is 1.71. The van der Waals surface area contributed by atoms with Crippen molar-refractivity contribution in [1.29, 1.82) is 0 Å². The number of rotatable bonds is 4.